The van der Waals surface area contributed by atoms with Crippen molar-refractivity contribution in [1.29, 1.82) is 0 Å². The zero-order valence-electron chi connectivity index (χ0n) is 6.17. The van der Waals surface area contributed by atoms with Crippen LogP contribution in [0.25, 0.3) is 0 Å². The predicted molar refractivity (Wildman–Crippen MR) is 36.6 cm³/mol. The maximum absolute atomic E-state index is 11.7. The van der Waals surface area contributed by atoms with Crippen molar-refractivity contribution in [2.45, 2.75) is 19.5 Å². The van der Waals surface area contributed by atoms with E-state index in [4.69, 9.17) is 0 Å². The normalized spacial score (nSPS) is 14.6. The van der Waals surface area contributed by atoms with Gasteiger partial charge in [0.1, 0.15) is 0 Å². The standard InChI is InChI=1S/C5H4BrF6N/c1-3(6)2-13(4(7,8)9)5(10,11)12/h2H,1H3/b3-2+. The molecule has 0 saturated heterocycles. The summed E-state index contributed by atoms with van der Waals surface area (Å²) >= 11 is 2.48. The molecule has 13 heavy (non-hydrogen) atoms. The lowest BCUT2D eigenvalue weighted by Crippen LogP contribution is -2.44. The van der Waals surface area contributed by atoms with E-state index in [1.165, 1.54) is 0 Å². The van der Waals surface area contributed by atoms with E-state index in [1.54, 1.807) is 0 Å². The molecule has 0 amide bonds. The third kappa shape index (κ3) is 4.39. The Balaban J connectivity index is 4.90. The van der Waals surface area contributed by atoms with E-state index in [-0.39, 0.29) is 10.7 Å². The molecule has 0 aromatic carbocycles. The molecule has 0 aromatic heterocycles. The molecule has 78 valence electrons. The van der Waals surface area contributed by atoms with Gasteiger partial charge in [-0.3, -0.25) is 0 Å². The van der Waals surface area contributed by atoms with Gasteiger partial charge in [-0.25, -0.2) is 0 Å². The van der Waals surface area contributed by atoms with E-state index in [1.807, 2.05) is 0 Å². The van der Waals surface area contributed by atoms with E-state index in [0.29, 0.717) is 0 Å². The molecule has 0 saturated carbocycles. The van der Waals surface area contributed by atoms with E-state index in [2.05, 4.69) is 15.9 Å². The monoisotopic (exact) mass is 271 g/mol. The summed E-state index contributed by atoms with van der Waals surface area (Å²) in [5.74, 6) is 0. The van der Waals surface area contributed by atoms with Crippen LogP contribution in [0.2, 0.25) is 0 Å². The van der Waals surface area contributed by atoms with Crippen molar-refractivity contribution in [1.82, 2.24) is 4.90 Å². The fourth-order valence-corrected chi connectivity index (χ4v) is 0.673. The fraction of sp³-hybridized carbons (Fsp3) is 0.600. The zero-order valence-corrected chi connectivity index (χ0v) is 7.76. The molecule has 1 nitrogen and oxygen atoms in total. The maximum atomic E-state index is 11.7. The summed E-state index contributed by atoms with van der Waals surface area (Å²) in [7, 11) is 0. The van der Waals surface area contributed by atoms with Crippen molar-refractivity contribution in [3.63, 3.8) is 0 Å². The van der Waals surface area contributed by atoms with Gasteiger partial charge in [-0.2, -0.15) is 4.90 Å². The number of allylic oxidation sites excluding steroid dienone is 1. The molecule has 0 aromatic rings. The lowest BCUT2D eigenvalue weighted by molar-refractivity contribution is -0.354. The highest BCUT2D eigenvalue weighted by molar-refractivity contribution is 9.11. The molecule has 0 heterocycles. The molecule has 0 spiro atoms. The van der Waals surface area contributed by atoms with Crippen LogP contribution in [0, 0.1) is 0 Å². The van der Waals surface area contributed by atoms with E-state index < -0.39 is 17.5 Å². The summed E-state index contributed by atoms with van der Waals surface area (Å²) in [6.45, 7) is 1.06. The Labute approximate surface area is 78.1 Å². The molecular weight excluding hydrogens is 268 g/mol. The molecule has 0 radical (unpaired) electrons. The average Bonchev–Trinajstić information content (AvgIpc) is 1.77. The summed E-state index contributed by atoms with van der Waals surface area (Å²) in [4.78, 5) is -1.63. The molecule has 0 aliphatic heterocycles. The van der Waals surface area contributed by atoms with Gasteiger partial charge in [-0.05, 0) is 6.92 Å². The van der Waals surface area contributed by atoms with Crippen LogP contribution in [0.3, 0.4) is 0 Å². The first-order valence-corrected chi connectivity index (χ1v) is 3.61. The maximum Gasteiger partial charge on any atom is 0.491 e. The van der Waals surface area contributed by atoms with Crippen LogP contribution in [0.15, 0.2) is 10.7 Å². The zero-order chi connectivity index (χ0) is 10.9. The Morgan fingerprint density at radius 2 is 1.38 bits per heavy atom. The van der Waals surface area contributed by atoms with Gasteiger partial charge in [0.2, 0.25) is 0 Å². The first-order chi connectivity index (χ1) is 5.55. The number of alkyl halides is 6. The van der Waals surface area contributed by atoms with Crippen LogP contribution in [-0.2, 0) is 0 Å². The molecule has 0 fully saturated rings. The topological polar surface area (TPSA) is 3.24 Å². The number of hydrogen-bond acceptors (Lipinski definition) is 1. The predicted octanol–water partition coefficient (Wildman–Crippen LogP) is 3.58. The van der Waals surface area contributed by atoms with Crippen molar-refractivity contribution in [2.24, 2.45) is 0 Å². The van der Waals surface area contributed by atoms with Crippen molar-refractivity contribution in [2.75, 3.05) is 0 Å². The second-order valence-corrected chi connectivity index (χ2v) is 3.27. The summed E-state index contributed by atoms with van der Waals surface area (Å²) in [6, 6.07) is 0. The second kappa shape index (κ2) is 3.77. The Bertz CT molecular complexity index is 186. The Hall–Kier alpha value is -0.400. The van der Waals surface area contributed by atoms with Crippen LogP contribution < -0.4 is 0 Å². The van der Waals surface area contributed by atoms with Crippen LogP contribution in [-0.4, -0.2) is 17.5 Å². The first kappa shape index (κ1) is 12.6. The third-order valence-electron chi connectivity index (χ3n) is 0.853. The van der Waals surface area contributed by atoms with Gasteiger partial charge >= 0.3 is 12.6 Å². The smallest absolute Gasteiger partial charge is 0.200 e. The number of nitrogens with zero attached hydrogens (tertiary/aromatic N) is 1. The van der Waals surface area contributed by atoms with Gasteiger partial charge in [0.15, 0.2) is 0 Å². The lowest BCUT2D eigenvalue weighted by atomic mass is 10.6. The number of hydrogen-bond donors (Lipinski definition) is 0. The van der Waals surface area contributed by atoms with E-state index in [9.17, 15) is 26.3 Å². The van der Waals surface area contributed by atoms with Crippen LogP contribution in [0.5, 0.6) is 0 Å². The van der Waals surface area contributed by atoms with Gasteiger partial charge in [0.05, 0.1) is 0 Å². The molecule has 0 bridgehead atoms. The average molecular weight is 272 g/mol. The Kier molecular flexibility index (Phi) is 3.65. The summed E-state index contributed by atoms with van der Waals surface area (Å²) in [5.41, 5.74) is 0. The van der Waals surface area contributed by atoms with E-state index >= 15 is 0 Å². The quantitative estimate of drug-likeness (QED) is 0.521. The van der Waals surface area contributed by atoms with Gasteiger partial charge in [-0.15, -0.1) is 26.3 Å². The van der Waals surface area contributed by atoms with Crippen molar-refractivity contribution in [3.8, 4) is 0 Å². The van der Waals surface area contributed by atoms with Crippen molar-refractivity contribution >= 4 is 15.9 Å². The molecule has 8 heteroatoms. The summed E-state index contributed by atoms with van der Waals surface area (Å²) < 4.78 is 70.0. The second-order valence-electron chi connectivity index (χ2n) is 2.02. The largest absolute Gasteiger partial charge is 0.491 e. The highest BCUT2D eigenvalue weighted by Gasteiger charge is 2.51. The van der Waals surface area contributed by atoms with Crippen LogP contribution in [0.1, 0.15) is 6.92 Å². The molecule has 0 N–H and O–H groups in total. The number of halogens is 7. The van der Waals surface area contributed by atoms with Gasteiger partial charge in [0, 0.05) is 10.7 Å². The van der Waals surface area contributed by atoms with Gasteiger partial charge in [-0.1, -0.05) is 15.9 Å². The molecule has 0 rings (SSSR count). The minimum absolute atomic E-state index is 0.0833. The van der Waals surface area contributed by atoms with Crippen LogP contribution in [0.4, 0.5) is 26.3 Å². The minimum atomic E-state index is -5.46. The molecular formula is C5H4BrF6N. The highest BCUT2D eigenvalue weighted by Crippen LogP contribution is 2.34. The number of rotatable bonds is 1. The van der Waals surface area contributed by atoms with Crippen molar-refractivity contribution < 1.29 is 26.3 Å². The summed E-state index contributed by atoms with van der Waals surface area (Å²) in [5, 5.41) is 0. The fourth-order valence-electron chi connectivity index (χ4n) is 0.468. The minimum Gasteiger partial charge on any atom is -0.200 e. The molecule has 0 unspecified atom stereocenters. The Morgan fingerprint density at radius 3 is 1.46 bits per heavy atom. The van der Waals surface area contributed by atoms with Crippen molar-refractivity contribution in [3.05, 3.63) is 10.7 Å². The molecule has 0 atom stereocenters. The molecule has 0 aliphatic carbocycles. The third-order valence-corrected chi connectivity index (χ3v) is 1.06. The lowest BCUT2D eigenvalue weighted by Gasteiger charge is -2.25. The van der Waals surface area contributed by atoms with Gasteiger partial charge in [0.25, 0.3) is 0 Å². The molecule has 0 aliphatic rings. The van der Waals surface area contributed by atoms with E-state index in [0.717, 1.165) is 6.92 Å². The summed E-state index contributed by atoms with van der Waals surface area (Å²) in [6.07, 6.45) is -11.0. The van der Waals surface area contributed by atoms with Crippen LogP contribution >= 0.6 is 15.9 Å². The highest BCUT2D eigenvalue weighted by atomic mass is 79.9. The SMILES string of the molecule is C/C(Br)=C\N(C(F)(F)F)C(F)(F)F. The Morgan fingerprint density at radius 1 is 1.08 bits per heavy atom. The van der Waals surface area contributed by atoms with Gasteiger partial charge < -0.3 is 0 Å². The first-order valence-electron chi connectivity index (χ1n) is 2.82.